The number of carboxylic acids is 1. The Hall–Kier alpha value is -1.10. The Morgan fingerprint density at radius 1 is 1.36 bits per heavy atom. The summed E-state index contributed by atoms with van der Waals surface area (Å²) < 4.78 is 0. The van der Waals surface area contributed by atoms with Crippen LogP contribution in [0.5, 0.6) is 0 Å². The molecule has 5 heteroatoms. The van der Waals surface area contributed by atoms with Gasteiger partial charge in [-0.2, -0.15) is 0 Å². The Morgan fingerprint density at radius 2 is 1.93 bits per heavy atom. The fourth-order valence-electron chi connectivity index (χ4n) is 1.89. The summed E-state index contributed by atoms with van der Waals surface area (Å²) in [6.45, 7) is 1.40. The van der Waals surface area contributed by atoms with Gasteiger partial charge in [0.05, 0.1) is 18.1 Å². The quantitative estimate of drug-likeness (QED) is 0.642. The van der Waals surface area contributed by atoms with Gasteiger partial charge in [0.1, 0.15) is 0 Å². The summed E-state index contributed by atoms with van der Waals surface area (Å²) in [6, 6.07) is -0.353. The maximum absolute atomic E-state index is 11.0. The number of hydrogen-bond donors (Lipinski definition) is 2. The van der Waals surface area contributed by atoms with Crippen molar-refractivity contribution in [2.45, 2.75) is 31.9 Å². The molecule has 0 aromatic carbocycles. The first-order valence-corrected chi connectivity index (χ1v) is 4.59. The van der Waals surface area contributed by atoms with E-state index in [2.05, 4.69) is 0 Å². The molecule has 0 heterocycles. The lowest BCUT2D eigenvalue weighted by Crippen LogP contribution is -2.43. The van der Waals surface area contributed by atoms with Crippen molar-refractivity contribution in [2.24, 2.45) is 5.92 Å². The number of carbonyl (C=O) groups is 2. The van der Waals surface area contributed by atoms with Gasteiger partial charge in [-0.15, -0.1) is 0 Å². The fraction of sp³-hybridized carbons (Fsp3) is 0.778. The third-order valence-electron chi connectivity index (χ3n) is 2.89. The van der Waals surface area contributed by atoms with Crippen LogP contribution in [0.25, 0.3) is 0 Å². The molecule has 1 saturated carbocycles. The van der Waals surface area contributed by atoms with E-state index in [4.69, 9.17) is 5.11 Å². The number of carboxylic acid groups (broad SMARTS) is 1. The number of aliphatic carboxylic acids is 1. The third-order valence-corrected chi connectivity index (χ3v) is 2.89. The second-order valence-corrected chi connectivity index (χ2v) is 3.71. The molecule has 3 atom stereocenters. The molecule has 0 radical (unpaired) electrons. The summed E-state index contributed by atoms with van der Waals surface area (Å²) in [4.78, 5) is 23.1. The first kappa shape index (κ1) is 11.0. The summed E-state index contributed by atoms with van der Waals surface area (Å²) in [7, 11) is 1.58. The summed E-state index contributed by atoms with van der Waals surface area (Å²) in [5.41, 5.74) is 0. The number of nitrogens with zero attached hydrogens (tertiary/aromatic N) is 1. The summed E-state index contributed by atoms with van der Waals surface area (Å²) in [5, 5.41) is 18.4. The molecule has 5 nitrogen and oxygen atoms in total. The van der Waals surface area contributed by atoms with Crippen LogP contribution in [-0.2, 0) is 9.59 Å². The molecule has 0 spiro atoms. The highest BCUT2D eigenvalue weighted by Gasteiger charge is 2.41. The predicted octanol–water partition coefficient (Wildman–Crippen LogP) is -0.311. The fourth-order valence-corrected chi connectivity index (χ4v) is 1.89. The lowest BCUT2D eigenvalue weighted by atomic mass is 10.1. The molecular formula is C9H15NO4. The molecule has 80 valence electrons. The van der Waals surface area contributed by atoms with Crippen LogP contribution in [0, 0.1) is 5.92 Å². The van der Waals surface area contributed by atoms with E-state index in [0.29, 0.717) is 12.8 Å². The summed E-state index contributed by atoms with van der Waals surface area (Å²) in [5.74, 6) is -1.88. The van der Waals surface area contributed by atoms with Gasteiger partial charge in [-0.1, -0.05) is 0 Å². The zero-order valence-electron chi connectivity index (χ0n) is 8.30. The van der Waals surface area contributed by atoms with Gasteiger partial charge in [-0.3, -0.25) is 9.59 Å². The van der Waals surface area contributed by atoms with Gasteiger partial charge in [0.25, 0.3) is 0 Å². The van der Waals surface area contributed by atoms with Crippen LogP contribution in [0.3, 0.4) is 0 Å². The van der Waals surface area contributed by atoms with Gasteiger partial charge in [-0.05, 0) is 12.8 Å². The molecule has 1 fully saturated rings. The molecule has 2 N–H and O–H groups in total. The van der Waals surface area contributed by atoms with Crippen molar-refractivity contribution in [3.8, 4) is 0 Å². The molecule has 1 rings (SSSR count). The number of amides is 1. The lowest BCUT2D eigenvalue weighted by Gasteiger charge is -2.26. The second kappa shape index (κ2) is 3.96. The maximum Gasteiger partial charge on any atom is 0.309 e. The first-order chi connectivity index (χ1) is 6.45. The minimum absolute atomic E-state index is 0.153. The smallest absolute Gasteiger partial charge is 0.309 e. The molecular weight excluding hydrogens is 186 g/mol. The number of aliphatic hydroxyl groups excluding tert-OH is 1. The average molecular weight is 201 g/mol. The highest BCUT2D eigenvalue weighted by atomic mass is 16.4. The van der Waals surface area contributed by atoms with Crippen LogP contribution in [0.1, 0.15) is 19.8 Å². The Balaban J connectivity index is 2.68. The topological polar surface area (TPSA) is 77.8 Å². The highest BCUT2D eigenvalue weighted by Crippen LogP contribution is 2.29. The predicted molar refractivity (Wildman–Crippen MR) is 48.6 cm³/mol. The molecule has 1 amide bonds. The van der Waals surface area contributed by atoms with Gasteiger partial charge >= 0.3 is 5.97 Å². The minimum atomic E-state index is -0.989. The molecule has 0 saturated heterocycles. The zero-order chi connectivity index (χ0) is 10.9. The van der Waals surface area contributed by atoms with Crippen LogP contribution in [0.4, 0.5) is 0 Å². The Bertz CT molecular complexity index is 253. The van der Waals surface area contributed by atoms with Gasteiger partial charge in [-0.25, -0.2) is 0 Å². The van der Waals surface area contributed by atoms with E-state index in [1.807, 2.05) is 0 Å². The van der Waals surface area contributed by atoms with Gasteiger partial charge in [0, 0.05) is 14.0 Å². The standard InChI is InChI=1S/C9H15NO4/c1-5(11)10(2)7-4-3-6(8(7)12)9(13)14/h6-8,12H,3-4H2,1-2H3,(H,13,14)/t6-,7-,8+/m1/s1. The minimum Gasteiger partial charge on any atom is -0.481 e. The van der Waals surface area contributed by atoms with Crippen molar-refractivity contribution >= 4 is 11.9 Å². The van der Waals surface area contributed by atoms with E-state index in [9.17, 15) is 14.7 Å². The summed E-state index contributed by atoms with van der Waals surface area (Å²) >= 11 is 0. The van der Waals surface area contributed by atoms with E-state index in [1.54, 1.807) is 7.05 Å². The Kier molecular flexibility index (Phi) is 3.10. The molecule has 0 aromatic rings. The van der Waals surface area contributed by atoms with Crippen molar-refractivity contribution in [3.63, 3.8) is 0 Å². The molecule has 0 unspecified atom stereocenters. The van der Waals surface area contributed by atoms with Gasteiger partial charge in [0.2, 0.25) is 5.91 Å². The first-order valence-electron chi connectivity index (χ1n) is 4.59. The third kappa shape index (κ3) is 1.87. The number of carbonyl (C=O) groups excluding carboxylic acids is 1. The van der Waals surface area contributed by atoms with E-state index < -0.39 is 18.0 Å². The Morgan fingerprint density at radius 3 is 2.29 bits per heavy atom. The normalized spacial score (nSPS) is 31.5. The van der Waals surface area contributed by atoms with Gasteiger partial charge in [0.15, 0.2) is 0 Å². The number of rotatable bonds is 2. The Labute approximate surface area is 82.3 Å². The van der Waals surface area contributed by atoms with E-state index >= 15 is 0 Å². The van der Waals surface area contributed by atoms with Crippen molar-refractivity contribution in [1.82, 2.24) is 4.90 Å². The second-order valence-electron chi connectivity index (χ2n) is 3.71. The largest absolute Gasteiger partial charge is 0.481 e. The number of likely N-dealkylation sites (N-methyl/N-ethyl adjacent to an activating group) is 1. The highest BCUT2D eigenvalue weighted by molar-refractivity contribution is 5.74. The molecule has 1 aliphatic carbocycles. The van der Waals surface area contributed by atoms with Crippen molar-refractivity contribution in [3.05, 3.63) is 0 Å². The van der Waals surface area contributed by atoms with Gasteiger partial charge < -0.3 is 15.1 Å². The molecule has 1 aliphatic rings. The molecule has 0 aliphatic heterocycles. The van der Waals surface area contributed by atoms with E-state index in [1.165, 1.54) is 11.8 Å². The van der Waals surface area contributed by atoms with Crippen LogP contribution >= 0.6 is 0 Å². The molecule has 0 aromatic heterocycles. The van der Waals surface area contributed by atoms with Crippen LogP contribution in [0.15, 0.2) is 0 Å². The summed E-state index contributed by atoms with van der Waals surface area (Å²) in [6.07, 6.45) is 0.0360. The monoisotopic (exact) mass is 201 g/mol. The molecule has 0 bridgehead atoms. The van der Waals surface area contributed by atoms with E-state index in [0.717, 1.165) is 0 Å². The van der Waals surface area contributed by atoms with Crippen molar-refractivity contribution < 1.29 is 19.8 Å². The van der Waals surface area contributed by atoms with E-state index in [-0.39, 0.29) is 11.9 Å². The van der Waals surface area contributed by atoms with Crippen LogP contribution in [-0.4, -0.2) is 46.2 Å². The average Bonchev–Trinajstić information content (AvgIpc) is 2.45. The number of aliphatic hydroxyl groups is 1. The van der Waals surface area contributed by atoms with Crippen molar-refractivity contribution in [1.29, 1.82) is 0 Å². The number of hydrogen-bond acceptors (Lipinski definition) is 3. The lowest BCUT2D eigenvalue weighted by molar-refractivity contribution is -0.146. The SMILES string of the molecule is CC(=O)N(C)[C@@H]1CC[C@@H](C(=O)O)[C@@H]1O. The molecule has 14 heavy (non-hydrogen) atoms. The maximum atomic E-state index is 11.0. The van der Waals surface area contributed by atoms with Crippen molar-refractivity contribution in [2.75, 3.05) is 7.05 Å². The van der Waals surface area contributed by atoms with Crippen LogP contribution < -0.4 is 0 Å². The van der Waals surface area contributed by atoms with Crippen LogP contribution in [0.2, 0.25) is 0 Å². The zero-order valence-corrected chi connectivity index (χ0v) is 8.30.